The summed E-state index contributed by atoms with van der Waals surface area (Å²) in [7, 11) is 1.57. The molecule has 204 valence electrons. The zero-order valence-electron chi connectivity index (χ0n) is 21.0. The van der Waals surface area contributed by atoms with Crippen LogP contribution in [-0.4, -0.2) is 91.2 Å². The van der Waals surface area contributed by atoms with E-state index in [2.05, 4.69) is 16.0 Å². The second-order valence-corrected chi connectivity index (χ2v) is 9.94. The highest BCUT2D eigenvalue weighted by molar-refractivity contribution is 5.94. The Morgan fingerprint density at radius 1 is 1.11 bits per heavy atom. The molecule has 4 rings (SSSR count). The Morgan fingerprint density at radius 3 is 2.59 bits per heavy atom. The molecule has 3 aliphatic rings. The molecule has 2 fully saturated rings. The van der Waals surface area contributed by atoms with Gasteiger partial charge in [0.05, 0.1) is 25.2 Å². The maximum absolute atomic E-state index is 13.7. The number of para-hydroxylation sites is 1. The summed E-state index contributed by atoms with van der Waals surface area (Å²) in [5.74, 6) is -0.627. The molecule has 0 aromatic heterocycles. The van der Waals surface area contributed by atoms with Gasteiger partial charge in [0, 0.05) is 31.1 Å². The van der Waals surface area contributed by atoms with Crippen LogP contribution in [0.5, 0.6) is 5.75 Å². The van der Waals surface area contributed by atoms with E-state index in [1.165, 1.54) is 4.90 Å². The molecule has 3 N–H and O–H groups in total. The van der Waals surface area contributed by atoms with Crippen molar-refractivity contribution in [3.8, 4) is 5.75 Å². The summed E-state index contributed by atoms with van der Waals surface area (Å²) in [6.45, 7) is 0.685. The van der Waals surface area contributed by atoms with Crippen molar-refractivity contribution in [1.82, 2.24) is 25.8 Å². The molecule has 0 spiro atoms. The molecule has 0 bridgehead atoms. The van der Waals surface area contributed by atoms with Crippen LogP contribution in [0.4, 0.5) is 13.2 Å². The van der Waals surface area contributed by atoms with Crippen LogP contribution in [0, 0.1) is 0 Å². The number of ether oxygens (including phenoxy) is 1. The minimum absolute atomic E-state index is 0.101. The minimum Gasteiger partial charge on any atom is -0.493 e. The first kappa shape index (κ1) is 27.2. The summed E-state index contributed by atoms with van der Waals surface area (Å²) in [4.78, 5) is 42.4. The Morgan fingerprint density at radius 2 is 1.86 bits per heavy atom. The molecule has 9 nitrogen and oxygen atoms in total. The van der Waals surface area contributed by atoms with E-state index in [0.717, 1.165) is 10.5 Å². The van der Waals surface area contributed by atoms with E-state index in [0.29, 0.717) is 38.0 Å². The van der Waals surface area contributed by atoms with E-state index in [-0.39, 0.29) is 31.1 Å². The van der Waals surface area contributed by atoms with Gasteiger partial charge in [-0.05, 0) is 39.3 Å². The summed E-state index contributed by atoms with van der Waals surface area (Å²) in [6, 6.07) is 4.19. The zero-order valence-corrected chi connectivity index (χ0v) is 21.0. The Kier molecular flexibility index (Phi) is 8.27. The maximum Gasteiger partial charge on any atom is 0.401 e. The number of hydrogen-bond donors (Lipinski definition) is 3. The van der Waals surface area contributed by atoms with E-state index >= 15 is 0 Å². The van der Waals surface area contributed by atoms with Crippen molar-refractivity contribution in [1.29, 1.82) is 0 Å². The molecule has 5 atom stereocenters. The van der Waals surface area contributed by atoms with E-state index < -0.39 is 42.7 Å². The number of hydrogen-bond acceptors (Lipinski definition) is 6. The van der Waals surface area contributed by atoms with Gasteiger partial charge in [-0.1, -0.05) is 18.2 Å². The molecule has 3 amide bonds. The van der Waals surface area contributed by atoms with Crippen LogP contribution in [0.25, 0.3) is 0 Å². The molecule has 0 radical (unpaired) electrons. The average molecular weight is 526 g/mol. The van der Waals surface area contributed by atoms with Gasteiger partial charge in [-0.2, -0.15) is 13.2 Å². The Bertz CT molecular complexity index is 1010. The Labute approximate surface area is 214 Å². The van der Waals surface area contributed by atoms with Gasteiger partial charge in [-0.15, -0.1) is 0 Å². The third kappa shape index (κ3) is 6.35. The van der Waals surface area contributed by atoms with E-state index in [1.54, 1.807) is 14.0 Å². The molecular formula is C25H34F3N5O4. The first-order valence-electron chi connectivity index (χ1n) is 12.7. The van der Waals surface area contributed by atoms with Gasteiger partial charge < -0.3 is 25.6 Å². The highest BCUT2D eigenvalue weighted by atomic mass is 19.4. The summed E-state index contributed by atoms with van der Waals surface area (Å²) < 4.78 is 45.3. The SMILES string of the molecule is CN[C@@H](C)C(=O)N[C@H]1CN(CC(F)(F)F)CC[C@H]2CC[C@@H](C(=O)N[C@@H]3CCOc4ccccc43)N2C1=O. The smallest absolute Gasteiger partial charge is 0.401 e. The molecule has 0 unspecified atom stereocenters. The molecule has 3 heterocycles. The van der Waals surface area contributed by atoms with Gasteiger partial charge >= 0.3 is 6.18 Å². The lowest BCUT2D eigenvalue weighted by molar-refractivity contribution is -0.155. The van der Waals surface area contributed by atoms with Crippen molar-refractivity contribution in [2.45, 2.75) is 69.0 Å². The van der Waals surface area contributed by atoms with Crippen molar-refractivity contribution in [2.75, 3.05) is 33.3 Å². The molecular weight excluding hydrogens is 491 g/mol. The number of benzene rings is 1. The predicted octanol–water partition coefficient (Wildman–Crippen LogP) is 1.35. The first-order valence-corrected chi connectivity index (χ1v) is 12.7. The normalized spacial score (nSPS) is 27.3. The topological polar surface area (TPSA) is 103 Å². The van der Waals surface area contributed by atoms with Crippen LogP contribution in [-0.2, 0) is 14.4 Å². The third-order valence-electron chi connectivity index (χ3n) is 7.40. The van der Waals surface area contributed by atoms with Gasteiger partial charge in [0.25, 0.3) is 0 Å². The minimum atomic E-state index is -4.44. The van der Waals surface area contributed by atoms with Crippen molar-refractivity contribution in [3.63, 3.8) is 0 Å². The fraction of sp³-hybridized carbons (Fsp3) is 0.640. The average Bonchev–Trinajstić information content (AvgIpc) is 3.28. The quantitative estimate of drug-likeness (QED) is 0.518. The number of amides is 3. The van der Waals surface area contributed by atoms with E-state index in [1.807, 2.05) is 24.3 Å². The lowest BCUT2D eigenvalue weighted by Gasteiger charge is -2.39. The van der Waals surface area contributed by atoms with Crippen molar-refractivity contribution >= 4 is 17.7 Å². The lowest BCUT2D eigenvalue weighted by atomic mass is 10.00. The first-order chi connectivity index (χ1) is 17.6. The monoisotopic (exact) mass is 525 g/mol. The standard InChI is InChI=1S/C25H34F3N5O4/c1-15(29-2)22(34)31-19-13-32(14-25(26,27)28)11-9-16-7-8-20(33(16)24(19)36)23(35)30-18-10-12-37-21-6-4-3-5-17(18)21/h3-6,15-16,18-20,29H,7-14H2,1-2H3,(H,30,35)(H,31,34)/t15-,16+,18+,19-,20-/m0/s1. The predicted molar refractivity (Wildman–Crippen MR) is 129 cm³/mol. The highest BCUT2D eigenvalue weighted by Gasteiger charge is 2.46. The molecule has 12 heteroatoms. The highest BCUT2D eigenvalue weighted by Crippen LogP contribution is 2.34. The number of nitrogens with one attached hydrogen (secondary N) is 3. The van der Waals surface area contributed by atoms with E-state index in [4.69, 9.17) is 4.74 Å². The third-order valence-corrected chi connectivity index (χ3v) is 7.40. The second-order valence-electron chi connectivity index (χ2n) is 9.94. The van der Waals surface area contributed by atoms with Crippen molar-refractivity contribution in [3.05, 3.63) is 29.8 Å². The molecule has 1 aromatic carbocycles. The fourth-order valence-corrected chi connectivity index (χ4v) is 5.39. The molecule has 0 aliphatic carbocycles. The lowest BCUT2D eigenvalue weighted by Crippen LogP contribution is -2.62. The van der Waals surface area contributed by atoms with Gasteiger partial charge in [0.1, 0.15) is 17.8 Å². The second kappa shape index (κ2) is 11.3. The largest absolute Gasteiger partial charge is 0.493 e. The van der Waals surface area contributed by atoms with Crippen LogP contribution in [0.1, 0.15) is 44.2 Å². The number of fused-ring (bicyclic) bond motifs is 2. The Hall–Kier alpha value is -2.86. The van der Waals surface area contributed by atoms with Crippen molar-refractivity contribution in [2.24, 2.45) is 0 Å². The number of halogens is 3. The molecule has 37 heavy (non-hydrogen) atoms. The number of carbonyl (C=O) groups excluding carboxylic acids is 3. The number of likely N-dealkylation sites (N-methyl/N-ethyl adjacent to an activating group) is 1. The van der Waals surface area contributed by atoms with Crippen LogP contribution >= 0.6 is 0 Å². The van der Waals surface area contributed by atoms with Crippen molar-refractivity contribution < 1.29 is 32.3 Å². The number of nitrogens with zero attached hydrogens (tertiary/aromatic N) is 2. The molecule has 3 aliphatic heterocycles. The molecule has 1 aromatic rings. The van der Waals surface area contributed by atoms with Crippen LogP contribution in [0.2, 0.25) is 0 Å². The summed E-state index contributed by atoms with van der Waals surface area (Å²) in [6.07, 6.45) is -2.63. The van der Waals surface area contributed by atoms with E-state index in [9.17, 15) is 27.6 Å². The van der Waals surface area contributed by atoms with Gasteiger partial charge in [0.2, 0.25) is 17.7 Å². The van der Waals surface area contributed by atoms with Crippen LogP contribution in [0.3, 0.4) is 0 Å². The van der Waals surface area contributed by atoms with Crippen LogP contribution < -0.4 is 20.7 Å². The molecule has 0 saturated carbocycles. The maximum atomic E-state index is 13.7. The zero-order chi connectivity index (χ0) is 26.7. The van der Waals surface area contributed by atoms with Crippen LogP contribution in [0.15, 0.2) is 24.3 Å². The van der Waals surface area contributed by atoms with Gasteiger partial charge in [-0.3, -0.25) is 19.3 Å². The number of rotatable bonds is 6. The summed E-state index contributed by atoms with van der Waals surface area (Å²) in [5, 5.41) is 8.45. The molecule has 2 saturated heterocycles. The number of alkyl halides is 3. The van der Waals surface area contributed by atoms with Gasteiger partial charge in [0.15, 0.2) is 0 Å². The summed E-state index contributed by atoms with van der Waals surface area (Å²) >= 11 is 0. The fourth-order valence-electron chi connectivity index (χ4n) is 5.39. The van der Waals surface area contributed by atoms with Gasteiger partial charge in [-0.25, -0.2) is 0 Å². The Balaban J connectivity index is 1.54. The number of carbonyl (C=O) groups is 3. The summed E-state index contributed by atoms with van der Waals surface area (Å²) in [5.41, 5.74) is 0.865.